The molecule has 0 aromatic rings. The summed E-state index contributed by atoms with van der Waals surface area (Å²) in [4.78, 5) is 16.1. The van der Waals surface area contributed by atoms with Gasteiger partial charge in [-0.3, -0.25) is 14.9 Å². The Balaban J connectivity index is 1.93. The largest absolute Gasteiger partial charge is 0.374 e. The number of carbonyl (C=O) groups is 1. The van der Waals surface area contributed by atoms with E-state index in [1.54, 1.807) is 0 Å². The molecule has 0 bridgehead atoms. The highest BCUT2D eigenvalue weighted by Crippen LogP contribution is 2.25. The maximum Gasteiger partial charge on any atom is 0.263 e. The normalized spacial score (nSPS) is 36.0. The van der Waals surface area contributed by atoms with Crippen LogP contribution in [0.5, 0.6) is 0 Å². The predicted octanol–water partition coefficient (Wildman–Crippen LogP) is -0.426. The van der Waals surface area contributed by atoms with Crippen molar-refractivity contribution in [2.75, 3.05) is 13.2 Å². The van der Waals surface area contributed by atoms with Crippen LogP contribution in [0.2, 0.25) is 0 Å². The predicted molar refractivity (Wildman–Crippen MR) is 49.5 cm³/mol. The smallest absolute Gasteiger partial charge is 0.263 e. The van der Waals surface area contributed by atoms with Crippen molar-refractivity contribution in [3.05, 3.63) is 0 Å². The minimum Gasteiger partial charge on any atom is -0.374 e. The van der Waals surface area contributed by atoms with Gasteiger partial charge in [0, 0.05) is 12.6 Å². The summed E-state index contributed by atoms with van der Waals surface area (Å²) in [5, 5.41) is 3.26. The molecule has 2 atom stereocenters. The minimum atomic E-state index is -0.235. The highest BCUT2D eigenvalue weighted by Gasteiger charge is 2.39. The van der Waals surface area contributed by atoms with E-state index in [1.165, 1.54) is 0 Å². The molecule has 2 fully saturated rings. The second kappa shape index (κ2) is 3.49. The van der Waals surface area contributed by atoms with Crippen LogP contribution < -0.4 is 10.8 Å². The van der Waals surface area contributed by atoms with Crippen LogP contribution >= 0.6 is 0 Å². The van der Waals surface area contributed by atoms with Gasteiger partial charge in [0.05, 0.1) is 12.2 Å². The van der Waals surface area contributed by atoms with E-state index in [2.05, 4.69) is 10.8 Å². The van der Waals surface area contributed by atoms with Crippen molar-refractivity contribution >= 4 is 5.91 Å². The van der Waals surface area contributed by atoms with Gasteiger partial charge in [0.25, 0.3) is 5.91 Å². The summed E-state index contributed by atoms with van der Waals surface area (Å²) >= 11 is 0. The molecule has 2 N–H and O–H groups in total. The Morgan fingerprint density at radius 1 is 1.57 bits per heavy atom. The lowest BCUT2D eigenvalue weighted by Gasteiger charge is -2.28. The van der Waals surface area contributed by atoms with Gasteiger partial charge >= 0.3 is 0 Å². The van der Waals surface area contributed by atoms with Crippen LogP contribution in [-0.4, -0.2) is 36.8 Å². The van der Waals surface area contributed by atoms with Gasteiger partial charge in [0.15, 0.2) is 0 Å². The molecule has 0 spiro atoms. The third-order valence-corrected chi connectivity index (χ3v) is 2.86. The molecule has 0 aromatic carbocycles. The molecule has 5 heteroatoms. The van der Waals surface area contributed by atoms with E-state index in [9.17, 15) is 4.79 Å². The Labute approximate surface area is 83.1 Å². The van der Waals surface area contributed by atoms with Crippen molar-refractivity contribution in [3.8, 4) is 0 Å². The molecule has 2 saturated heterocycles. The average Bonchev–Trinajstić information content (AvgIpc) is 2.62. The number of carbonyl (C=O) groups excluding carboxylic acids is 1. The van der Waals surface area contributed by atoms with Crippen LogP contribution in [0.15, 0.2) is 0 Å². The van der Waals surface area contributed by atoms with Crippen LogP contribution in [-0.2, 0) is 14.4 Å². The Morgan fingerprint density at radius 2 is 2.36 bits per heavy atom. The number of hydrogen-bond donors (Lipinski definition) is 2. The molecule has 80 valence electrons. The maximum atomic E-state index is 11.2. The summed E-state index contributed by atoms with van der Waals surface area (Å²) in [6, 6.07) is -0.0130. The number of nitrogens with one attached hydrogen (secondary N) is 2. The van der Waals surface area contributed by atoms with Crippen LogP contribution in [0.4, 0.5) is 0 Å². The third-order valence-electron chi connectivity index (χ3n) is 2.86. The highest BCUT2D eigenvalue weighted by atomic mass is 16.7. The third kappa shape index (κ3) is 1.75. The Kier molecular flexibility index (Phi) is 2.47. The van der Waals surface area contributed by atoms with Gasteiger partial charge in [-0.25, -0.2) is 5.48 Å². The first-order valence-corrected chi connectivity index (χ1v) is 4.91. The molecule has 5 nitrogen and oxygen atoms in total. The van der Waals surface area contributed by atoms with E-state index >= 15 is 0 Å². The minimum absolute atomic E-state index is 0.0901. The summed E-state index contributed by atoms with van der Waals surface area (Å²) in [6.45, 7) is 5.21. The first-order chi connectivity index (χ1) is 6.59. The van der Waals surface area contributed by atoms with Crippen molar-refractivity contribution in [2.24, 2.45) is 0 Å². The lowest BCUT2D eigenvalue weighted by Crippen LogP contribution is -2.51. The fraction of sp³-hybridized carbons (Fsp3) is 0.889. The number of amides is 1. The van der Waals surface area contributed by atoms with Crippen molar-refractivity contribution in [2.45, 2.75) is 38.0 Å². The monoisotopic (exact) mass is 200 g/mol. The van der Waals surface area contributed by atoms with Gasteiger partial charge in [-0.15, -0.1) is 0 Å². The molecule has 0 aliphatic carbocycles. The Bertz CT molecular complexity index is 242. The Hall–Kier alpha value is -0.650. The van der Waals surface area contributed by atoms with E-state index in [0.717, 1.165) is 13.0 Å². The topological polar surface area (TPSA) is 59.6 Å². The van der Waals surface area contributed by atoms with Gasteiger partial charge in [-0.1, -0.05) is 0 Å². The van der Waals surface area contributed by atoms with Crippen molar-refractivity contribution < 1.29 is 14.4 Å². The van der Waals surface area contributed by atoms with E-state index in [-0.39, 0.29) is 23.6 Å². The lowest BCUT2D eigenvalue weighted by atomic mass is 9.98. The lowest BCUT2D eigenvalue weighted by molar-refractivity contribution is -0.125. The summed E-state index contributed by atoms with van der Waals surface area (Å²) in [7, 11) is 0. The zero-order valence-electron chi connectivity index (χ0n) is 8.50. The molecular formula is C9H16N2O3. The number of ether oxygens (including phenoxy) is 1. The molecule has 2 heterocycles. The molecule has 2 aliphatic rings. The Morgan fingerprint density at radius 3 is 2.86 bits per heavy atom. The molecule has 2 unspecified atom stereocenters. The summed E-state index contributed by atoms with van der Waals surface area (Å²) in [5.74, 6) is -0.0901. The number of hydroxylamine groups is 1. The zero-order valence-corrected chi connectivity index (χ0v) is 8.50. The summed E-state index contributed by atoms with van der Waals surface area (Å²) in [6.07, 6.45) is 0.941. The second-order valence-electron chi connectivity index (χ2n) is 4.29. The number of rotatable bonds is 2. The molecule has 0 aromatic heterocycles. The first kappa shape index (κ1) is 9.89. The van der Waals surface area contributed by atoms with Crippen LogP contribution in [0.3, 0.4) is 0 Å². The average molecular weight is 200 g/mol. The fourth-order valence-electron chi connectivity index (χ4n) is 1.88. The van der Waals surface area contributed by atoms with Gasteiger partial charge in [0.1, 0.15) is 6.04 Å². The highest BCUT2D eigenvalue weighted by molar-refractivity contribution is 5.82. The van der Waals surface area contributed by atoms with E-state index in [1.807, 2.05) is 13.8 Å². The summed E-state index contributed by atoms with van der Waals surface area (Å²) < 4.78 is 5.56. The maximum absolute atomic E-state index is 11.2. The first-order valence-electron chi connectivity index (χ1n) is 4.91. The van der Waals surface area contributed by atoms with Crippen LogP contribution in [0, 0.1) is 0 Å². The fourth-order valence-corrected chi connectivity index (χ4v) is 1.88. The molecule has 1 amide bonds. The van der Waals surface area contributed by atoms with Crippen LogP contribution in [0.25, 0.3) is 0 Å². The van der Waals surface area contributed by atoms with Gasteiger partial charge in [-0.05, 0) is 20.3 Å². The van der Waals surface area contributed by atoms with Gasteiger partial charge < -0.3 is 4.74 Å². The molecule has 0 radical (unpaired) electrons. The van der Waals surface area contributed by atoms with Crippen molar-refractivity contribution in [1.29, 1.82) is 0 Å². The van der Waals surface area contributed by atoms with Crippen LogP contribution in [0.1, 0.15) is 20.3 Å². The van der Waals surface area contributed by atoms with Crippen molar-refractivity contribution in [1.82, 2.24) is 10.8 Å². The molecule has 2 rings (SSSR count). The van der Waals surface area contributed by atoms with E-state index < -0.39 is 0 Å². The van der Waals surface area contributed by atoms with Gasteiger partial charge in [-0.2, -0.15) is 0 Å². The van der Waals surface area contributed by atoms with E-state index in [4.69, 9.17) is 9.57 Å². The zero-order chi connectivity index (χ0) is 10.2. The van der Waals surface area contributed by atoms with Gasteiger partial charge in [0.2, 0.25) is 0 Å². The quantitative estimate of drug-likeness (QED) is 0.635. The molecule has 2 aliphatic heterocycles. The SMILES string of the molecule is CC1(C)OCCC1NC1CONC1=O. The summed E-state index contributed by atoms with van der Waals surface area (Å²) in [5.41, 5.74) is 2.14. The second-order valence-corrected chi connectivity index (χ2v) is 4.29. The molecule has 0 saturated carbocycles. The number of hydrogen-bond acceptors (Lipinski definition) is 4. The molecular weight excluding hydrogens is 184 g/mol. The molecule has 14 heavy (non-hydrogen) atoms. The standard InChI is InChI=1S/C9H16N2O3/c1-9(2)7(3-4-13-9)10-6-5-14-11-8(6)12/h6-7,10H,3-5H2,1-2H3,(H,11,12). The van der Waals surface area contributed by atoms with Crippen molar-refractivity contribution in [3.63, 3.8) is 0 Å². The van der Waals surface area contributed by atoms with E-state index in [0.29, 0.717) is 6.61 Å².